The Hall–Kier alpha value is -1.59. The number of hydrogen-bond acceptors (Lipinski definition) is 8. The van der Waals surface area contributed by atoms with Gasteiger partial charge in [-0.2, -0.15) is 9.47 Å². The minimum absolute atomic E-state index is 0.0669. The molecular weight excluding hydrogens is 346 g/mol. The number of aromatic nitrogens is 3. The van der Waals surface area contributed by atoms with Crippen LogP contribution in [0.5, 0.6) is 0 Å². The fourth-order valence-electron chi connectivity index (χ4n) is 1.67. The Balaban J connectivity index is 1.95. The lowest BCUT2D eigenvalue weighted by atomic mass is 10.3. The molecule has 2 heterocycles. The van der Waals surface area contributed by atoms with Crippen LogP contribution in [0.3, 0.4) is 0 Å². The quantitative estimate of drug-likeness (QED) is 0.459. The van der Waals surface area contributed by atoms with Gasteiger partial charge in [0.2, 0.25) is 0 Å². The van der Waals surface area contributed by atoms with Crippen molar-refractivity contribution in [3.63, 3.8) is 0 Å². The zero-order chi connectivity index (χ0) is 16.1. The van der Waals surface area contributed by atoms with E-state index >= 15 is 0 Å². The second-order valence-corrected chi connectivity index (χ2v) is 6.68. The minimum Gasteiger partial charge on any atom is -0.350 e. The molecule has 0 bridgehead atoms. The van der Waals surface area contributed by atoms with Crippen LogP contribution in [0.15, 0.2) is 21.6 Å². The molecule has 0 aliphatic heterocycles. The highest BCUT2D eigenvalue weighted by molar-refractivity contribution is 8.01. The number of rotatable bonds is 7. The standard InChI is InChI=1S/C11H13N5O3S3/c1-20-10-8(11(21-2)22-14-10)9(17)12-3-4-15-6-7(5-13-15)16(18)19/h5-6H,3-4H2,1-2H3,(H,12,17). The number of amides is 1. The molecule has 2 aromatic rings. The fourth-order valence-corrected chi connectivity index (χ4v) is 3.95. The number of hydrogen-bond donors (Lipinski definition) is 1. The van der Waals surface area contributed by atoms with Crippen LogP contribution in [0.25, 0.3) is 0 Å². The van der Waals surface area contributed by atoms with E-state index in [1.165, 1.54) is 52.1 Å². The molecule has 0 aromatic carbocycles. The molecule has 0 fully saturated rings. The Morgan fingerprint density at radius 1 is 1.50 bits per heavy atom. The molecule has 2 aromatic heterocycles. The number of nitrogens with one attached hydrogen (secondary N) is 1. The van der Waals surface area contributed by atoms with Gasteiger partial charge in [0.15, 0.2) is 0 Å². The zero-order valence-electron chi connectivity index (χ0n) is 11.8. The summed E-state index contributed by atoms with van der Waals surface area (Å²) in [6.45, 7) is 0.690. The van der Waals surface area contributed by atoms with Crippen molar-refractivity contribution >= 4 is 46.7 Å². The predicted octanol–water partition coefficient (Wildman–Crippen LogP) is 2.12. The molecule has 0 aliphatic carbocycles. The summed E-state index contributed by atoms with van der Waals surface area (Å²) in [4.78, 5) is 22.3. The van der Waals surface area contributed by atoms with Gasteiger partial charge in [-0.05, 0) is 24.0 Å². The van der Waals surface area contributed by atoms with Gasteiger partial charge in [0.1, 0.15) is 17.4 Å². The molecule has 0 saturated heterocycles. The van der Waals surface area contributed by atoms with Crippen molar-refractivity contribution in [2.75, 3.05) is 19.1 Å². The fraction of sp³-hybridized carbons (Fsp3) is 0.364. The number of carbonyl (C=O) groups is 1. The average molecular weight is 359 g/mol. The van der Waals surface area contributed by atoms with Crippen molar-refractivity contribution in [3.05, 3.63) is 28.1 Å². The van der Waals surface area contributed by atoms with Crippen LogP contribution in [-0.4, -0.2) is 44.0 Å². The van der Waals surface area contributed by atoms with Gasteiger partial charge < -0.3 is 5.32 Å². The maximum Gasteiger partial charge on any atom is 0.306 e. The first-order chi connectivity index (χ1) is 10.6. The van der Waals surface area contributed by atoms with Crippen LogP contribution in [0.1, 0.15) is 10.4 Å². The molecule has 8 nitrogen and oxygen atoms in total. The largest absolute Gasteiger partial charge is 0.350 e. The summed E-state index contributed by atoms with van der Waals surface area (Å²) < 4.78 is 6.54. The van der Waals surface area contributed by atoms with E-state index in [1.807, 2.05) is 12.5 Å². The van der Waals surface area contributed by atoms with E-state index in [0.717, 1.165) is 4.21 Å². The van der Waals surface area contributed by atoms with Crippen molar-refractivity contribution in [3.8, 4) is 0 Å². The Morgan fingerprint density at radius 2 is 2.27 bits per heavy atom. The SMILES string of the molecule is CSc1nsc(SC)c1C(=O)NCCn1cc([N+](=O)[O-])cn1. The van der Waals surface area contributed by atoms with Crippen molar-refractivity contribution < 1.29 is 9.72 Å². The van der Waals surface area contributed by atoms with Crippen molar-refractivity contribution in [2.24, 2.45) is 0 Å². The van der Waals surface area contributed by atoms with E-state index in [-0.39, 0.29) is 11.6 Å². The third-order valence-corrected chi connectivity index (χ3v) is 5.43. The highest BCUT2D eigenvalue weighted by atomic mass is 32.2. The van der Waals surface area contributed by atoms with Crippen molar-refractivity contribution in [1.82, 2.24) is 19.5 Å². The number of nitro groups is 1. The molecule has 0 aliphatic rings. The van der Waals surface area contributed by atoms with Gasteiger partial charge in [0.25, 0.3) is 5.91 Å². The maximum absolute atomic E-state index is 12.3. The Kier molecular flexibility index (Phi) is 5.80. The van der Waals surface area contributed by atoms with Crippen LogP contribution >= 0.6 is 35.1 Å². The highest BCUT2D eigenvalue weighted by Gasteiger charge is 2.19. The Labute approximate surface area is 139 Å². The summed E-state index contributed by atoms with van der Waals surface area (Å²) in [5.74, 6) is -0.191. The van der Waals surface area contributed by atoms with E-state index in [2.05, 4.69) is 14.8 Å². The monoisotopic (exact) mass is 359 g/mol. The molecule has 1 amide bonds. The van der Waals surface area contributed by atoms with Gasteiger partial charge in [0.05, 0.1) is 21.2 Å². The van der Waals surface area contributed by atoms with E-state index in [1.54, 1.807) is 0 Å². The Bertz CT molecular complexity index is 663. The first-order valence-corrected chi connectivity index (χ1v) is 9.31. The second-order valence-electron chi connectivity index (χ2n) is 4.03. The van der Waals surface area contributed by atoms with Gasteiger partial charge in [-0.25, -0.2) is 0 Å². The predicted molar refractivity (Wildman–Crippen MR) is 86.9 cm³/mol. The highest BCUT2D eigenvalue weighted by Crippen LogP contribution is 2.32. The summed E-state index contributed by atoms with van der Waals surface area (Å²) in [6.07, 6.45) is 6.29. The van der Waals surface area contributed by atoms with Crippen LogP contribution in [0.4, 0.5) is 5.69 Å². The molecule has 0 radical (unpaired) electrons. The molecular formula is C11H13N5O3S3. The summed E-state index contributed by atoms with van der Waals surface area (Å²) in [5, 5.41) is 17.9. The Morgan fingerprint density at radius 3 is 2.86 bits per heavy atom. The minimum atomic E-state index is -0.505. The van der Waals surface area contributed by atoms with E-state index < -0.39 is 4.92 Å². The van der Waals surface area contributed by atoms with Crippen molar-refractivity contribution in [1.29, 1.82) is 0 Å². The lowest BCUT2D eigenvalue weighted by Gasteiger charge is -2.06. The number of nitrogens with zero attached hydrogens (tertiary/aromatic N) is 4. The molecule has 22 heavy (non-hydrogen) atoms. The lowest BCUT2D eigenvalue weighted by molar-refractivity contribution is -0.385. The van der Waals surface area contributed by atoms with Crippen LogP contribution in [0.2, 0.25) is 0 Å². The third kappa shape index (κ3) is 3.78. The normalized spacial score (nSPS) is 10.6. The molecule has 0 atom stereocenters. The molecule has 0 saturated carbocycles. The molecule has 1 N–H and O–H groups in total. The summed E-state index contributed by atoms with van der Waals surface area (Å²) in [5.41, 5.74) is 0.527. The smallest absolute Gasteiger partial charge is 0.306 e. The third-order valence-electron chi connectivity index (χ3n) is 2.69. The molecule has 0 spiro atoms. The first-order valence-electron chi connectivity index (χ1n) is 6.09. The first kappa shape index (κ1) is 16.8. The number of carbonyl (C=O) groups excluding carboxylic acids is 1. The molecule has 11 heteroatoms. The van der Waals surface area contributed by atoms with Gasteiger partial charge in [-0.3, -0.25) is 19.6 Å². The molecule has 0 unspecified atom stereocenters. The summed E-state index contributed by atoms with van der Waals surface area (Å²) >= 11 is 4.22. The number of thioether (sulfide) groups is 2. The van der Waals surface area contributed by atoms with Crippen LogP contribution in [0, 0.1) is 10.1 Å². The van der Waals surface area contributed by atoms with Crippen LogP contribution < -0.4 is 5.32 Å². The zero-order valence-corrected chi connectivity index (χ0v) is 14.3. The lowest BCUT2D eigenvalue weighted by Crippen LogP contribution is -2.27. The topological polar surface area (TPSA) is 103 Å². The second kappa shape index (κ2) is 7.61. The maximum atomic E-state index is 12.3. The van der Waals surface area contributed by atoms with E-state index in [4.69, 9.17) is 0 Å². The van der Waals surface area contributed by atoms with Crippen LogP contribution in [-0.2, 0) is 6.54 Å². The van der Waals surface area contributed by atoms with Gasteiger partial charge >= 0.3 is 5.69 Å². The van der Waals surface area contributed by atoms with E-state index in [0.29, 0.717) is 23.7 Å². The van der Waals surface area contributed by atoms with Gasteiger partial charge in [-0.1, -0.05) is 0 Å². The summed E-state index contributed by atoms with van der Waals surface area (Å²) in [7, 11) is 0. The van der Waals surface area contributed by atoms with Crippen molar-refractivity contribution in [2.45, 2.75) is 15.8 Å². The molecule has 118 valence electrons. The summed E-state index contributed by atoms with van der Waals surface area (Å²) in [6, 6.07) is 0. The van der Waals surface area contributed by atoms with Gasteiger partial charge in [0, 0.05) is 6.54 Å². The van der Waals surface area contributed by atoms with E-state index in [9.17, 15) is 14.9 Å². The van der Waals surface area contributed by atoms with Gasteiger partial charge in [-0.15, -0.1) is 23.5 Å². The molecule has 2 rings (SSSR count). The average Bonchev–Trinajstić information content (AvgIpc) is 3.13.